The van der Waals surface area contributed by atoms with Gasteiger partial charge in [-0.2, -0.15) is 0 Å². The lowest BCUT2D eigenvalue weighted by Gasteiger charge is -2.13. The van der Waals surface area contributed by atoms with Gasteiger partial charge in [0, 0.05) is 14.7 Å². The number of phenolic OH excluding ortho intramolecular Hbond substituents is 1. The van der Waals surface area contributed by atoms with Crippen LogP contribution in [0.2, 0.25) is 0 Å². The predicted molar refractivity (Wildman–Crippen MR) is 97.0 cm³/mol. The molecule has 0 spiro atoms. The highest BCUT2D eigenvalue weighted by Gasteiger charge is 2.10. The van der Waals surface area contributed by atoms with Crippen molar-refractivity contribution < 1.29 is 9.84 Å². The summed E-state index contributed by atoms with van der Waals surface area (Å²) in [6, 6.07) is 23.4. The van der Waals surface area contributed by atoms with E-state index in [1.165, 1.54) is 0 Å². The van der Waals surface area contributed by atoms with Crippen molar-refractivity contribution in [2.24, 2.45) is 0 Å². The molecule has 3 aromatic rings. The van der Waals surface area contributed by atoms with E-state index >= 15 is 0 Å². The molecule has 0 saturated carbocycles. The summed E-state index contributed by atoms with van der Waals surface area (Å²) in [5.41, 5.74) is 2.80. The summed E-state index contributed by atoms with van der Waals surface area (Å²) >= 11 is 2.24. The number of hydrogen-bond acceptors (Lipinski definition) is 2. The van der Waals surface area contributed by atoms with Crippen LogP contribution in [0.5, 0.6) is 11.5 Å². The molecule has 0 fully saturated rings. The van der Waals surface area contributed by atoms with E-state index in [1.54, 1.807) is 6.07 Å². The van der Waals surface area contributed by atoms with Crippen molar-refractivity contribution in [2.75, 3.05) is 0 Å². The number of aromatic hydroxyl groups is 1. The van der Waals surface area contributed by atoms with Gasteiger partial charge < -0.3 is 9.84 Å². The molecule has 3 heteroatoms. The van der Waals surface area contributed by atoms with Crippen LogP contribution in [0.4, 0.5) is 0 Å². The molecule has 110 valence electrons. The first kappa shape index (κ1) is 14.9. The first-order valence-electron chi connectivity index (χ1n) is 6.99. The van der Waals surface area contributed by atoms with Crippen LogP contribution < -0.4 is 4.74 Å². The van der Waals surface area contributed by atoms with E-state index in [-0.39, 0.29) is 5.75 Å². The second-order valence-corrected chi connectivity index (χ2v) is 6.18. The monoisotopic (exact) mass is 402 g/mol. The Labute approximate surface area is 143 Å². The molecule has 0 unspecified atom stereocenters. The third-order valence-corrected chi connectivity index (χ3v) is 4.04. The second kappa shape index (κ2) is 6.83. The van der Waals surface area contributed by atoms with Crippen LogP contribution in [0.15, 0.2) is 72.8 Å². The number of benzene rings is 3. The van der Waals surface area contributed by atoms with Crippen molar-refractivity contribution in [1.29, 1.82) is 0 Å². The predicted octanol–water partition coefficient (Wildman–Crippen LogP) is 5.24. The van der Waals surface area contributed by atoms with Gasteiger partial charge in [-0.3, -0.25) is 0 Å². The van der Waals surface area contributed by atoms with Crippen LogP contribution in [0.3, 0.4) is 0 Å². The average Bonchev–Trinajstić information content (AvgIpc) is 2.56. The maximum atomic E-state index is 10.1. The number of para-hydroxylation sites is 1. The van der Waals surface area contributed by atoms with E-state index in [0.29, 0.717) is 6.61 Å². The van der Waals surface area contributed by atoms with Crippen molar-refractivity contribution in [3.8, 4) is 22.6 Å². The van der Waals surface area contributed by atoms with E-state index in [2.05, 4.69) is 22.6 Å². The molecule has 0 radical (unpaired) electrons. The molecular formula is C19H15IO2. The van der Waals surface area contributed by atoms with Gasteiger partial charge >= 0.3 is 0 Å². The first-order chi connectivity index (χ1) is 10.7. The smallest absolute Gasteiger partial charge is 0.127 e. The molecule has 0 aliphatic rings. The molecule has 1 N–H and O–H groups in total. The minimum atomic E-state index is 0.260. The molecule has 0 heterocycles. The van der Waals surface area contributed by atoms with Crippen molar-refractivity contribution in [1.82, 2.24) is 0 Å². The number of ether oxygens (including phenoxy) is 1. The topological polar surface area (TPSA) is 29.5 Å². The van der Waals surface area contributed by atoms with E-state index in [4.69, 9.17) is 4.74 Å². The van der Waals surface area contributed by atoms with Gasteiger partial charge in [0.15, 0.2) is 0 Å². The summed E-state index contributed by atoms with van der Waals surface area (Å²) in [5.74, 6) is 1.03. The highest BCUT2D eigenvalue weighted by atomic mass is 127. The zero-order valence-electron chi connectivity index (χ0n) is 11.9. The third kappa shape index (κ3) is 3.42. The van der Waals surface area contributed by atoms with Gasteiger partial charge in [0.25, 0.3) is 0 Å². The minimum absolute atomic E-state index is 0.260. The molecule has 0 amide bonds. The first-order valence-corrected chi connectivity index (χ1v) is 8.06. The Morgan fingerprint density at radius 1 is 0.818 bits per heavy atom. The standard InChI is InChI=1S/C19H15IO2/c20-15-10-11-18(21)17(12-15)16-8-4-5-9-19(16)22-13-14-6-2-1-3-7-14/h1-12,21H,13H2. The van der Waals surface area contributed by atoms with Crippen molar-refractivity contribution >= 4 is 22.6 Å². The summed E-state index contributed by atoms with van der Waals surface area (Å²) in [5, 5.41) is 10.1. The van der Waals surface area contributed by atoms with Crippen LogP contribution in [0.1, 0.15) is 5.56 Å². The fourth-order valence-electron chi connectivity index (χ4n) is 2.27. The molecule has 2 nitrogen and oxygen atoms in total. The Morgan fingerprint density at radius 3 is 2.36 bits per heavy atom. The molecule has 22 heavy (non-hydrogen) atoms. The Hall–Kier alpha value is -2.01. The van der Waals surface area contributed by atoms with E-state index in [1.807, 2.05) is 66.7 Å². The Balaban J connectivity index is 1.91. The van der Waals surface area contributed by atoms with E-state index < -0.39 is 0 Å². The van der Waals surface area contributed by atoms with Gasteiger partial charge in [-0.1, -0.05) is 48.5 Å². The van der Waals surface area contributed by atoms with Gasteiger partial charge in [0.2, 0.25) is 0 Å². The Bertz CT molecular complexity index is 769. The summed E-state index contributed by atoms with van der Waals surface area (Å²) in [6.07, 6.45) is 0. The molecular weight excluding hydrogens is 387 g/mol. The summed E-state index contributed by atoms with van der Waals surface area (Å²) < 4.78 is 7.03. The van der Waals surface area contributed by atoms with Crippen molar-refractivity contribution in [2.45, 2.75) is 6.61 Å². The van der Waals surface area contributed by atoms with E-state index in [9.17, 15) is 5.11 Å². The second-order valence-electron chi connectivity index (χ2n) is 4.93. The van der Waals surface area contributed by atoms with Crippen LogP contribution >= 0.6 is 22.6 Å². The fourth-order valence-corrected chi connectivity index (χ4v) is 2.77. The third-order valence-electron chi connectivity index (χ3n) is 3.37. The number of rotatable bonds is 4. The lowest BCUT2D eigenvalue weighted by atomic mass is 10.0. The van der Waals surface area contributed by atoms with Crippen molar-refractivity contribution in [3.05, 3.63) is 81.9 Å². The quantitative estimate of drug-likeness (QED) is 0.605. The van der Waals surface area contributed by atoms with Gasteiger partial charge in [0.1, 0.15) is 18.1 Å². The zero-order valence-corrected chi connectivity index (χ0v) is 14.0. The molecule has 0 saturated heterocycles. The lowest BCUT2D eigenvalue weighted by Crippen LogP contribution is -1.97. The van der Waals surface area contributed by atoms with Gasteiger partial charge in [-0.15, -0.1) is 0 Å². The SMILES string of the molecule is Oc1ccc(I)cc1-c1ccccc1OCc1ccccc1. The average molecular weight is 402 g/mol. The van der Waals surface area contributed by atoms with Crippen LogP contribution in [0.25, 0.3) is 11.1 Å². The molecule has 0 aliphatic heterocycles. The number of hydrogen-bond donors (Lipinski definition) is 1. The molecule has 0 bridgehead atoms. The molecule has 0 atom stereocenters. The molecule has 3 rings (SSSR count). The molecule has 0 aromatic heterocycles. The maximum Gasteiger partial charge on any atom is 0.127 e. The Kier molecular flexibility index (Phi) is 4.63. The minimum Gasteiger partial charge on any atom is -0.507 e. The molecule has 3 aromatic carbocycles. The number of halogens is 1. The highest BCUT2D eigenvalue weighted by Crippen LogP contribution is 2.36. The normalized spacial score (nSPS) is 10.4. The highest BCUT2D eigenvalue weighted by molar-refractivity contribution is 14.1. The van der Waals surface area contributed by atoms with Gasteiger partial charge in [-0.05, 0) is 52.4 Å². The zero-order chi connectivity index (χ0) is 15.4. The maximum absolute atomic E-state index is 10.1. The van der Waals surface area contributed by atoms with Crippen LogP contribution in [0, 0.1) is 3.57 Å². The largest absolute Gasteiger partial charge is 0.507 e. The van der Waals surface area contributed by atoms with Gasteiger partial charge in [-0.25, -0.2) is 0 Å². The van der Waals surface area contributed by atoms with Gasteiger partial charge in [0.05, 0.1) is 0 Å². The Morgan fingerprint density at radius 2 is 1.55 bits per heavy atom. The summed E-state index contributed by atoms with van der Waals surface area (Å²) in [4.78, 5) is 0. The number of phenols is 1. The summed E-state index contributed by atoms with van der Waals surface area (Å²) in [7, 11) is 0. The van der Waals surface area contributed by atoms with E-state index in [0.717, 1.165) is 26.0 Å². The van der Waals surface area contributed by atoms with Crippen molar-refractivity contribution in [3.63, 3.8) is 0 Å². The lowest BCUT2D eigenvalue weighted by molar-refractivity contribution is 0.307. The fraction of sp³-hybridized carbons (Fsp3) is 0.0526. The van der Waals surface area contributed by atoms with Crippen LogP contribution in [-0.4, -0.2) is 5.11 Å². The van der Waals surface area contributed by atoms with Crippen LogP contribution in [-0.2, 0) is 6.61 Å². The summed E-state index contributed by atoms with van der Waals surface area (Å²) in [6.45, 7) is 0.503. The molecule has 0 aliphatic carbocycles.